The zero-order chi connectivity index (χ0) is 7.98. The molecular weight excluding hydrogens is 166 g/mol. The van der Waals surface area contributed by atoms with Crippen molar-refractivity contribution in [3.63, 3.8) is 0 Å². The molecule has 0 aromatic carbocycles. The van der Waals surface area contributed by atoms with E-state index in [1.807, 2.05) is 6.26 Å². The fourth-order valence-corrected chi connectivity index (χ4v) is 1.42. The smallest absolute Gasteiger partial charge is 0.205 e. The van der Waals surface area contributed by atoms with Gasteiger partial charge in [0.05, 0.1) is 6.04 Å². The molecule has 2 N–H and O–H groups in total. The Morgan fingerprint density at radius 3 is 2.60 bits per heavy atom. The molecule has 0 saturated carbocycles. The third kappa shape index (κ3) is 4.19. The summed E-state index contributed by atoms with van der Waals surface area (Å²) < 4.78 is 0. The van der Waals surface area contributed by atoms with Crippen molar-refractivity contribution in [2.75, 3.05) is 18.3 Å². The molecule has 0 saturated heterocycles. The van der Waals surface area contributed by atoms with E-state index in [1.165, 1.54) is 11.8 Å². The molecule has 0 aromatic heterocycles. The number of nitrogens with two attached hydrogens (primary N) is 1. The fraction of sp³-hybridized carbons (Fsp3) is 0.833. The summed E-state index contributed by atoms with van der Waals surface area (Å²) in [6, 6.07) is -0.262. The van der Waals surface area contributed by atoms with E-state index in [0.717, 1.165) is 12.2 Å². The monoisotopic (exact) mass is 179 g/mol. The van der Waals surface area contributed by atoms with Crippen molar-refractivity contribution in [2.45, 2.75) is 12.5 Å². The van der Waals surface area contributed by atoms with Gasteiger partial charge < -0.3 is 5.73 Å². The van der Waals surface area contributed by atoms with Crippen LogP contribution >= 0.6 is 23.5 Å². The van der Waals surface area contributed by atoms with Crippen LogP contribution < -0.4 is 5.73 Å². The first-order chi connectivity index (χ1) is 4.72. The van der Waals surface area contributed by atoms with E-state index in [0.29, 0.717) is 0 Å². The van der Waals surface area contributed by atoms with Crippen molar-refractivity contribution in [2.24, 2.45) is 5.73 Å². The van der Waals surface area contributed by atoms with Gasteiger partial charge >= 0.3 is 0 Å². The highest BCUT2D eigenvalue weighted by atomic mass is 32.2. The minimum atomic E-state index is -0.262. The Kier molecular flexibility index (Phi) is 6.27. The van der Waals surface area contributed by atoms with Crippen LogP contribution in [0.5, 0.6) is 0 Å². The third-order valence-corrected chi connectivity index (χ3v) is 2.49. The lowest BCUT2D eigenvalue weighted by Crippen LogP contribution is -2.28. The van der Waals surface area contributed by atoms with E-state index in [1.54, 1.807) is 18.0 Å². The van der Waals surface area contributed by atoms with Crippen LogP contribution in [0, 0.1) is 0 Å². The zero-order valence-electron chi connectivity index (χ0n) is 6.29. The Bertz CT molecular complexity index is 108. The minimum absolute atomic E-state index is 0.0917. The molecule has 0 aliphatic rings. The number of thioether (sulfide) groups is 2. The van der Waals surface area contributed by atoms with Gasteiger partial charge in [-0.15, -0.1) is 0 Å². The maximum absolute atomic E-state index is 10.8. The highest BCUT2D eigenvalue weighted by Gasteiger charge is 2.10. The van der Waals surface area contributed by atoms with Crippen LogP contribution in [0.15, 0.2) is 0 Å². The van der Waals surface area contributed by atoms with E-state index < -0.39 is 0 Å². The maximum Gasteiger partial charge on any atom is 0.205 e. The zero-order valence-corrected chi connectivity index (χ0v) is 7.93. The van der Waals surface area contributed by atoms with E-state index in [-0.39, 0.29) is 11.2 Å². The van der Waals surface area contributed by atoms with Crippen molar-refractivity contribution in [1.29, 1.82) is 0 Å². The van der Waals surface area contributed by atoms with Gasteiger partial charge in [-0.05, 0) is 24.7 Å². The number of rotatable bonds is 4. The maximum atomic E-state index is 10.8. The minimum Gasteiger partial charge on any atom is -0.321 e. The van der Waals surface area contributed by atoms with Crippen LogP contribution in [0.4, 0.5) is 0 Å². The molecule has 0 rings (SSSR count). The Labute approximate surface area is 70.3 Å². The summed E-state index contributed by atoms with van der Waals surface area (Å²) in [6.45, 7) is 0. The van der Waals surface area contributed by atoms with Gasteiger partial charge in [0.1, 0.15) is 0 Å². The molecule has 0 fully saturated rings. The van der Waals surface area contributed by atoms with Gasteiger partial charge in [-0.25, -0.2) is 0 Å². The fourth-order valence-electron chi connectivity index (χ4n) is 0.514. The third-order valence-electron chi connectivity index (χ3n) is 1.14. The summed E-state index contributed by atoms with van der Waals surface area (Å²) in [5, 5.41) is 0.0917. The summed E-state index contributed by atoms with van der Waals surface area (Å²) in [5.41, 5.74) is 5.53. The first-order valence-corrected chi connectivity index (χ1v) is 5.66. The van der Waals surface area contributed by atoms with Gasteiger partial charge in [-0.2, -0.15) is 11.8 Å². The first kappa shape index (κ1) is 10.3. The van der Waals surface area contributed by atoms with E-state index in [4.69, 9.17) is 5.73 Å². The van der Waals surface area contributed by atoms with E-state index in [2.05, 4.69) is 0 Å². The molecule has 4 heteroatoms. The molecule has 0 heterocycles. The lowest BCUT2D eigenvalue weighted by Gasteiger charge is -2.05. The van der Waals surface area contributed by atoms with Crippen molar-refractivity contribution in [3.05, 3.63) is 0 Å². The second-order valence-corrected chi connectivity index (χ2v) is 3.71. The van der Waals surface area contributed by atoms with Gasteiger partial charge in [-0.3, -0.25) is 4.79 Å². The Hall–Kier alpha value is 0.330. The summed E-state index contributed by atoms with van der Waals surface area (Å²) in [4.78, 5) is 10.8. The molecule has 0 spiro atoms. The summed E-state index contributed by atoms with van der Waals surface area (Å²) in [6.07, 6.45) is 4.57. The van der Waals surface area contributed by atoms with Crippen molar-refractivity contribution in [3.8, 4) is 0 Å². The summed E-state index contributed by atoms with van der Waals surface area (Å²) >= 11 is 2.93. The summed E-state index contributed by atoms with van der Waals surface area (Å²) in [5.74, 6) is 0.966. The second kappa shape index (κ2) is 6.07. The number of carbonyl (C=O) groups is 1. The largest absolute Gasteiger partial charge is 0.321 e. The average Bonchev–Trinajstić information content (AvgIpc) is 1.98. The molecule has 10 heavy (non-hydrogen) atoms. The molecule has 2 nitrogen and oxygen atoms in total. The van der Waals surface area contributed by atoms with Gasteiger partial charge in [0.2, 0.25) is 5.12 Å². The molecule has 1 atom stereocenters. The van der Waals surface area contributed by atoms with E-state index >= 15 is 0 Å². The Morgan fingerprint density at radius 1 is 1.60 bits per heavy atom. The molecule has 60 valence electrons. The van der Waals surface area contributed by atoms with E-state index in [9.17, 15) is 4.79 Å². The molecule has 0 aromatic rings. The van der Waals surface area contributed by atoms with Crippen molar-refractivity contribution >= 4 is 28.6 Å². The summed E-state index contributed by atoms with van der Waals surface area (Å²) in [7, 11) is 0. The normalized spacial score (nSPS) is 13.1. The van der Waals surface area contributed by atoms with Crippen LogP contribution in [-0.2, 0) is 4.79 Å². The second-order valence-electron chi connectivity index (χ2n) is 1.91. The molecule has 0 unspecified atom stereocenters. The lowest BCUT2D eigenvalue weighted by molar-refractivity contribution is -0.112. The standard InChI is InChI=1S/C6H13NOS2/c1-9-4-3-5(7)6(8)10-2/h5H,3-4,7H2,1-2H3/t5-/m0/s1. The molecule has 0 aliphatic carbocycles. The van der Waals surface area contributed by atoms with Crippen LogP contribution in [0.3, 0.4) is 0 Å². The van der Waals surface area contributed by atoms with Crippen molar-refractivity contribution < 1.29 is 4.79 Å². The van der Waals surface area contributed by atoms with Crippen LogP contribution in [0.1, 0.15) is 6.42 Å². The quantitative estimate of drug-likeness (QED) is 0.698. The Balaban J connectivity index is 3.41. The van der Waals surface area contributed by atoms with Gasteiger partial charge in [-0.1, -0.05) is 11.8 Å². The van der Waals surface area contributed by atoms with Crippen LogP contribution in [0.2, 0.25) is 0 Å². The van der Waals surface area contributed by atoms with Crippen molar-refractivity contribution in [1.82, 2.24) is 0 Å². The average molecular weight is 179 g/mol. The highest BCUT2D eigenvalue weighted by Crippen LogP contribution is 2.05. The highest BCUT2D eigenvalue weighted by molar-refractivity contribution is 8.13. The number of hydrogen-bond donors (Lipinski definition) is 1. The lowest BCUT2D eigenvalue weighted by atomic mass is 10.3. The Morgan fingerprint density at radius 2 is 2.20 bits per heavy atom. The number of carbonyl (C=O) groups excluding carboxylic acids is 1. The van der Waals surface area contributed by atoms with Gasteiger partial charge in [0, 0.05) is 0 Å². The molecular formula is C6H13NOS2. The predicted octanol–water partition coefficient (Wildman–Crippen LogP) is 0.956. The molecule has 0 amide bonds. The first-order valence-electron chi connectivity index (χ1n) is 3.04. The molecule has 0 radical (unpaired) electrons. The predicted molar refractivity (Wildman–Crippen MR) is 49.5 cm³/mol. The molecule has 0 bridgehead atoms. The molecule has 0 aliphatic heterocycles. The van der Waals surface area contributed by atoms with Crippen LogP contribution in [0.25, 0.3) is 0 Å². The number of hydrogen-bond acceptors (Lipinski definition) is 4. The topological polar surface area (TPSA) is 43.1 Å². The van der Waals surface area contributed by atoms with Crippen LogP contribution in [-0.4, -0.2) is 29.4 Å². The SMILES string of the molecule is CSCC[C@H](N)C(=O)SC. The van der Waals surface area contributed by atoms with Gasteiger partial charge in [0.25, 0.3) is 0 Å². The van der Waals surface area contributed by atoms with Gasteiger partial charge in [0.15, 0.2) is 0 Å².